The highest BCUT2D eigenvalue weighted by Gasteiger charge is 2.09. The van der Waals surface area contributed by atoms with Gasteiger partial charge in [0.15, 0.2) is 0 Å². The Labute approximate surface area is 194 Å². The monoisotopic (exact) mass is 447 g/mol. The molecule has 6 nitrogen and oxygen atoms in total. The molecule has 0 aliphatic rings. The van der Waals surface area contributed by atoms with Crippen LogP contribution in [-0.4, -0.2) is 37.2 Å². The third-order valence-electron chi connectivity index (χ3n) is 4.79. The van der Waals surface area contributed by atoms with E-state index in [4.69, 9.17) is 10.1 Å². The zero-order chi connectivity index (χ0) is 22.6. The van der Waals surface area contributed by atoms with Crippen LogP contribution in [0.4, 0.5) is 5.69 Å². The molecule has 0 aliphatic carbocycles. The fraction of sp³-hybridized carbons (Fsp3) is 0.200. The number of benzene rings is 2. The molecule has 1 aromatic heterocycles. The van der Waals surface area contributed by atoms with E-state index in [1.807, 2.05) is 61.9 Å². The van der Waals surface area contributed by atoms with E-state index in [9.17, 15) is 0 Å². The van der Waals surface area contributed by atoms with Crippen LogP contribution in [0.5, 0.6) is 5.75 Å². The molecule has 0 amide bonds. The Balaban J connectivity index is 1.76. The van der Waals surface area contributed by atoms with Crippen molar-refractivity contribution in [3.05, 3.63) is 90.4 Å². The Hall–Kier alpha value is -3.29. The van der Waals surface area contributed by atoms with E-state index in [-0.39, 0.29) is 0 Å². The molecular formula is C25H29N5OS. The number of pyridine rings is 1. The van der Waals surface area contributed by atoms with Crippen molar-refractivity contribution >= 4 is 23.3 Å². The predicted octanol–water partition coefficient (Wildman–Crippen LogP) is 4.71. The van der Waals surface area contributed by atoms with Gasteiger partial charge in [-0.1, -0.05) is 36.2 Å². The van der Waals surface area contributed by atoms with Crippen LogP contribution in [0.25, 0.3) is 11.1 Å². The van der Waals surface area contributed by atoms with Gasteiger partial charge in [0.05, 0.1) is 12.8 Å². The molecule has 0 aliphatic heterocycles. The summed E-state index contributed by atoms with van der Waals surface area (Å²) < 4.78 is 8.35. The van der Waals surface area contributed by atoms with Crippen molar-refractivity contribution in [3.8, 4) is 16.9 Å². The molecule has 0 spiro atoms. The Morgan fingerprint density at radius 1 is 1.12 bits per heavy atom. The van der Waals surface area contributed by atoms with Crippen molar-refractivity contribution < 1.29 is 4.74 Å². The SMILES string of the molecule is CNSCCNc1ccc(-c2ccc(OC)cc2)cc1C(=N)/C=C\NCc1cccnc1. The lowest BCUT2D eigenvalue weighted by atomic mass is 9.99. The maximum absolute atomic E-state index is 8.68. The molecule has 3 aromatic rings. The predicted molar refractivity (Wildman–Crippen MR) is 135 cm³/mol. The lowest BCUT2D eigenvalue weighted by molar-refractivity contribution is 0.415. The number of rotatable bonds is 12. The Bertz CT molecular complexity index is 1020. The van der Waals surface area contributed by atoms with Crippen LogP contribution in [0.1, 0.15) is 11.1 Å². The third kappa shape index (κ3) is 6.87. The van der Waals surface area contributed by atoms with E-state index >= 15 is 0 Å². The summed E-state index contributed by atoms with van der Waals surface area (Å²) in [5.41, 5.74) is 5.46. The largest absolute Gasteiger partial charge is 0.497 e. The average Bonchev–Trinajstić information content (AvgIpc) is 2.85. The van der Waals surface area contributed by atoms with Crippen LogP contribution in [0.3, 0.4) is 0 Å². The molecule has 2 aromatic carbocycles. The minimum atomic E-state index is 0.433. The van der Waals surface area contributed by atoms with Crippen molar-refractivity contribution in [1.29, 1.82) is 5.41 Å². The first-order valence-electron chi connectivity index (χ1n) is 10.4. The van der Waals surface area contributed by atoms with Crippen LogP contribution in [0.15, 0.2) is 79.3 Å². The molecule has 0 unspecified atom stereocenters. The third-order valence-corrected chi connectivity index (χ3v) is 5.49. The van der Waals surface area contributed by atoms with Crippen LogP contribution in [-0.2, 0) is 6.54 Å². The second-order valence-corrected chi connectivity index (χ2v) is 8.06. The Morgan fingerprint density at radius 2 is 1.94 bits per heavy atom. The number of anilines is 1. The van der Waals surface area contributed by atoms with E-state index in [1.165, 1.54) is 0 Å². The van der Waals surface area contributed by atoms with Gasteiger partial charge in [-0.2, -0.15) is 0 Å². The van der Waals surface area contributed by atoms with Gasteiger partial charge < -0.3 is 20.8 Å². The molecule has 3 rings (SSSR count). The molecular weight excluding hydrogens is 418 g/mol. The van der Waals surface area contributed by atoms with Crippen LogP contribution in [0, 0.1) is 5.41 Å². The first kappa shape index (κ1) is 23.4. The van der Waals surface area contributed by atoms with Gasteiger partial charge in [0, 0.05) is 42.5 Å². The summed E-state index contributed by atoms with van der Waals surface area (Å²) in [5.74, 6) is 1.75. The zero-order valence-electron chi connectivity index (χ0n) is 18.4. The van der Waals surface area contributed by atoms with Crippen LogP contribution in [0.2, 0.25) is 0 Å². The summed E-state index contributed by atoms with van der Waals surface area (Å²) in [7, 11) is 3.58. The molecule has 7 heteroatoms. The van der Waals surface area contributed by atoms with Crippen molar-refractivity contribution in [1.82, 2.24) is 15.0 Å². The fourth-order valence-electron chi connectivity index (χ4n) is 3.13. The summed E-state index contributed by atoms with van der Waals surface area (Å²) in [6, 6.07) is 18.1. The number of hydrogen-bond acceptors (Lipinski definition) is 7. The van der Waals surface area contributed by atoms with E-state index < -0.39 is 0 Å². The number of ether oxygens (including phenoxy) is 1. The molecule has 1 heterocycles. The molecule has 166 valence electrons. The maximum atomic E-state index is 8.68. The number of aromatic nitrogens is 1. The molecule has 0 saturated heterocycles. The highest BCUT2D eigenvalue weighted by Crippen LogP contribution is 2.27. The lowest BCUT2D eigenvalue weighted by Crippen LogP contribution is -2.11. The van der Waals surface area contributed by atoms with Crippen LogP contribution < -0.4 is 20.1 Å². The van der Waals surface area contributed by atoms with Crippen molar-refractivity contribution in [2.24, 2.45) is 0 Å². The number of nitrogens with zero attached hydrogens (tertiary/aromatic N) is 1. The molecule has 32 heavy (non-hydrogen) atoms. The number of allylic oxidation sites excluding steroid dienone is 1. The number of hydrogen-bond donors (Lipinski definition) is 4. The Kier molecular flexibility index (Phi) is 9.16. The minimum Gasteiger partial charge on any atom is -0.497 e. The quantitative estimate of drug-likeness (QED) is 0.183. The van der Waals surface area contributed by atoms with Crippen molar-refractivity contribution in [2.45, 2.75) is 6.54 Å². The van der Waals surface area contributed by atoms with Gasteiger partial charge in [0.2, 0.25) is 0 Å². The second kappa shape index (κ2) is 12.5. The van der Waals surface area contributed by atoms with Crippen molar-refractivity contribution in [3.63, 3.8) is 0 Å². The highest BCUT2D eigenvalue weighted by molar-refractivity contribution is 7.97. The van der Waals surface area contributed by atoms with Crippen molar-refractivity contribution in [2.75, 3.05) is 31.8 Å². The molecule has 0 fully saturated rings. The first-order chi connectivity index (χ1) is 15.7. The smallest absolute Gasteiger partial charge is 0.118 e. The average molecular weight is 448 g/mol. The standard InChI is InChI=1S/C25H29N5OS/c1-27-32-15-14-30-25-10-7-21(20-5-8-22(31-2)9-6-20)16-23(25)24(26)11-13-29-18-19-4-3-12-28-17-19/h3-13,16-17,26-27,29-30H,14-15,18H2,1-2H3/b13-11-,26-24?. The summed E-state index contributed by atoms with van der Waals surface area (Å²) in [6.45, 7) is 1.46. The molecule has 4 N–H and O–H groups in total. The van der Waals surface area contributed by atoms with Gasteiger partial charge in [-0.05, 0) is 66.3 Å². The minimum absolute atomic E-state index is 0.433. The Morgan fingerprint density at radius 3 is 2.66 bits per heavy atom. The maximum Gasteiger partial charge on any atom is 0.118 e. The molecule has 0 saturated carbocycles. The summed E-state index contributed by atoms with van der Waals surface area (Å²) in [6.07, 6.45) is 7.19. The van der Waals surface area contributed by atoms with Gasteiger partial charge in [0.25, 0.3) is 0 Å². The van der Waals surface area contributed by atoms with Gasteiger partial charge in [-0.25, -0.2) is 0 Å². The summed E-state index contributed by atoms with van der Waals surface area (Å²) in [5, 5.41) is 15.4. The van der Waals surface area contributed by atoms with Gasteiger partial charge in [-0.15, -0.1) is 0 Å². The van der Waals surface area contributed by atoms with E-state index in [0.29, 0.717) is 12.3 Å². The first-order valence-corrected chi connectivity index (χ1v) is 11.4. The number of nitrogens with one attached hydrogen (secondary N) is 4. The van der Waals surface area contributed by atoms with E-state index in [0.717, 1.165) is 46.0 Å². The lowest BCUT2D eigenvalue weighted by Gasteiger charge is -2.14. The second-order valence-electron chi connectivity index (χ2n) is 6.96. The number of methoxy groups -OCH3 is 1. The summed E-state index contributed by atoms with van der Waals surface area (Å²) >= 11 is 1.65. The van der Waals surface area contributed by atoms with E-state index in [1.54, 1.807) is 31.3 Å². The van der Waals surface area contributed by atoms with E-state index in [2.05, 4.69) is 32.5 Å². The molecule has 0 atom stereocenters. The molecule has 0 radical (unpaired) electrons. The van der Waals surface area contributed by atoms with Gasteiger partial charge in [-0.3, -0.25) is 9.71 Å². The fourth-order valence-corrected chi connectivity index (χ4v) is 3.54. The normalized spacial score (nSPS) is 10.8. The summed E-state index contributed by atoms with van der Waals surface area (Å²) in [4.78, 5) is 4.12. The van der Waals surface area contributed by atoms with Crippen LogP contribution >= 0.6 is 11.9 Å². The topological polar surface area (TPSA) is 82.1 Å². The molecule has 0 bridgehead atoms. The van der Waals surface area contributed by atoms with Gasteiger partial charge in [0.1, 0.15) is 5.75 Å². The van der Waals surface area contributed by atoms with Gasteiger partial charge >= 0.3 is 0 Å². The zero-order valence-corrected chi connectivity index (χ0v) is 19.2. The highest BCUT2D eigenvalue weighted by atomic mass is 32.2.